The first kappa shape index (κ1) is 26.3. The minimum absolute atomic E-state index is 0.165. The Morgan fingerprint density at radius 1 is 0.548 bits per heavy atom. The van der Waals surface area contributed by atoms with Gasteiger partial charge in [-0.3, -0.25) is 0 Å². The highest BCUT2D eigenvalue weighted by Crippen LogP contribution is 2.73. The molecule has 2 aliphatic carbocycles. The summed E-state index contributed by atoms with van der Waals surface area (Å²) in [7, 11) is -4.73. The van der Waals surface area contributed by atoms with E-state index in [9.17, 15) is 35.1 Å². The Morgan fingerprint density at radius 2 is 0.774 bits per heavy atom. The third kappa shape index (κ3) is 3.62. The Kier molecular flexibility index (Phi) is 6.69. The summed E-state index contributed by atoms with van der Waals surface area (Å²) in [6, 6.07) is 0. The Bertz CT molecular complexity index is 593. The molecule has 1 aliphatic heterocycles. The number of halogens is 12. The van der Waals surface area contributed by atoms with E-state index in [0.717, 1.165) is 0 Å². The van der Waals surface area contributed by atoms with Gasteiger partial charge in [-0.2, -0.15) is 35.1 Å². The quantitative estimate of drug-likeness (QED) is 0.184. The standard InChI is InChI=1S/C16H18Cl4F8O2Si/c17-13(21,22)11(14(18,23)24)12(15(19,25)26,16(20,27)28)30-31(29-11,9-5-1-2-6-9)10-7-3-4-8-10/h9-10H,1-8H2. The molecule has 31 heavy (non-hydrogen) atoms. The van der Waals surface area contributed by atoms with Crippen LogP contribution in [0.2, 0.25) is 11.1 Å². The van der Waals surface area contributed by atoms with Crippen LogP contribution < -0.4 is 0 Å². The molecule has 0 aromatic heterocycles. The van der Waals surface area contributed by atoms with Crippen molar-refractivity contribution >= 4 is 55.0 Å². The molecule has 182 valence electrons. The van der Waals surface area contributed by atoms with Crippen molar-refractivity contribution in [1.29, 1.82) is 0 Å². The number of alkyl halides is 12. The molecule has 0 bridgehead atoms. The fourth-order valence-electron chi connectivity index (χ4n) is 5.32. The maximum absolute atomic E-state index is 14.7. The fourth-order valence-corrected chi connectivity index (χ4v) is 12.4. The smallest absolute Gasteiger partial charge is 0.359 e. The van der Waals surface area contributed by atoms with E-state index in [2.05, 4.69) is 0 Å². The molecule has 3 aliphatic rings. The van der Waals surface area contributed by atoms with Gasteiger partial charge in [-0.05, 0) is 72.1 Å². The van der Waals surface area contributed by atoms with Gasteiger partial charge in [0.25, 0.3) is 11.2 Å². The van der Waals surface area contributed by atoms with Crippen LogP contribution in [0.15, 0.2) is 0 Å². The Balaban J connectivity index is 2.41. The van der Waals surface area contributed by atoms with E-state index in [4.69, 9.17) is 55.3 Å². The first-order chi connectivity index (χ1) is 13.9. The number of hydrogen-bond donors (Lipinski definition) is 0. The molecule has 2 nitrogen and oxygen atoms in total. The van der Waals surface area contributed by atoms with Crippen LogP contribution in [0.25, 0.3) is 0 Å². The van der Waals surface area contributed by atoms with E-state index in [1.165, 1.54) is 0 Å². The maximum atomic E-state index is 14.7. The molecule has 0 N–H and O–H groups in total. The number of hydrogen-bond acceptors (Lipinski definition) is 2. The molecule has 0 atom stereocenters. The van der Waals surface area contributed by atoms with Crippen molar-refractivity contribution in [3.63, 3.8) is 0 Å². The van der Waals surface area contributed by atoms with Crippen LogP contribution in [-0.4, -0.2) is 41.3 Å². The van der Waals surface area contributed by atoms with Gasteiger partial charge in [0, 0.05) is 11.1 Å². The fraction of sp³-hybridized carbons (Fsp3) is 1.00. The molecular formula is C16H18Cl4F8O2Si. The molecule has 0 aromatic rings. The minimum Gasteiger partial charge on any atom is -0.372 e. The molecule has 1 saturated heterocycles. The predicted octanol–water partition coefficient (Wildman–Crippen LogP) is 8.17. The zero-order chi connectivity index (χ0) is 23.7. The highest BCUT2D eigenvalue weighted by atomic mass is 35.5. The summed E-state index contributed by atoms with van der Waals surface area (Å²) in [6.45, 7) is 0. The van der Waals surface area contributed by atoms with Crippen LogP contribution in [0.1, 0.15) is 51.4 Å². The first-order valence-corrected chi connectivity index (χ1v) is 13.0. The highest BCUT2D eigenvalue weighted by Gasteiger charge is 2.97. The molecule has 3 fully saturated rings. The number of rotatable bonds is 6. The van der Waals surface area contributed by atoms with Gasteiger partial charge in [-0.25, -0.2) is 0 Å². The van der Waals surface area contributed by atoms with E-state index in [-0.39, 0.29) is 25.7 Å². The lowest BCUT2D eigenvalue weighted by molar-refractivity contribution is -0.320. The summed E-state index contributed by atoms with van der Waals surface area (Å²) >= 11 is 19.4. The second kappa shape index (κ2) is 7.88. The summed E-state index contributed by atoms with van der Waals surface area (Å²) < 4.78 is 128. The molecule has 3 rings (SSSR count). The Morgan fingerprint density at radius 3 is 0.968 bits per heavy atom. The Labute approximate surface area is 194 Å². The summed E-state index contributed by atoms with van der Waals surface area (Å²) in [5, 5.41) is -22.3. The van der Waals surface area contributed by atoms with E-state index in [0.29, 0.717) is 25.7 Å². The van der Waals surface area contributed by atoms with Crippen molar-refractivity contribution in [3.05, 3.63) is 0 Å². The lowest BCUT2D eigenvalue weighted by Crippen LogP contribution is -2.78. The SMILES string of the molecule is FC(F)(Cl)C1(C(F)(F)Cl)O[Si](C2CCCC2)(C2CCCC2)OC1(C(F)(F)Cl)C(F)(F)Cl. The van der Waals surface area contributed by atoms with Gasteiger partial charge in [0.05, 0.1) is 0 Å². The van der Waals surface area contributed by atoms with Gasteiger partial charge in [-0.15, -0.1) is 0 Å². The molecular weight excluding hydrogens is 546 g/mol. The second-order valence-corrected chi connectivity index (χ2v) is 13.6. The minimum atomic E-state index is -5.58. The Hall–Kier alpha value is 0.737. The van der Waals surface area contributed by atoms with Crippen LogP contribution in [-0.2, 0) is 8.85 Å². The van der Waals surface area contributed by atoms with Crippen molar-refractivity contribution in [2.45, 2.75) is 95.2 Å². The second-order valence-electron chi connectivity index (χ2n) is 8.24. The van der Waals surface area contributed by atoms with E-state index < -0.39 is 52.4 Å². The van der Waals surface area contributed by atoms with Crippen LogP contribution in [0.5, 0.6) is 0 Å². The van der Waals surface area contributed by atoms with Crippen molar-refractivity contribution < 1.29 is 44.0 Å². The lowest BCUT2D eigenvalue weighted by atomic mass is 9.82. The normalized spacial score (nSPS) is 27.9. The van der Waals surface area contributed by atoms with Gasteiger partial charge >= 0.3 is 30.1 Å². The zero-order valence-electron chi connectivity index (χ0n) is 15.7. The summed E-state index contributed by atoms with van der Waals surface area (Å²) in [4.78, 5) is 0. The van der Waals surface area contributed by atoms with Gasteiger partial charge in [-0.1, -0.05) is 25.7 Å². The van der Waals surface area contributed by atoms with Crippen molar-refractivity contribution in [2.75, 3.05) is 0 Å². The third-order valence-electron chi connectivity index (χ3n) is 6.57. The molecule has 0 amide bonds. The summed E-state index contributed by atoms with van der Waals surface area (Å²) in [5.41, 5.74) is -12.3. The first-order valence-electron chi connectivity index (χ1n) is 9.54. The van der Waals surface area contributed by atoms with Crippen LogP contribution in [0.4, 0.5) is 35.1 Å². The zero-order valence-corrected chi connectivity index (χ0v) is 19.7. The van der Waals surface area contributed by atoms with Crippen molar-refractivity contribution in [3.8, 4) is 0 Å². The van der Waals surface area contributed by atoms with Crippen molar-refractivity contribution in [2.24, 2.45) is 0 Å². The average molecular weight is 564 g/mol. The van der Waals surface area contributed by atoms with Gasteiger partial charge in [0.15, 0.2) is 0 Å². The molecule has 0 unspecified atom stereocenters. The van der Waals surface area contributed by atoms with Crippen LogP contribution >= 0.6 is 46.4 Å². The molecule has 15 heteroatoms. The average Bonchev–Trinajstić information content (AvgIpc) is 3.30. The van der Waals surface area contributed by atoms with Crippen molar-refractivity contribution in [1.82, 2.24) is 0 Å². The topological polar surface area (TPSA) is 18.5 Å². The summed E-state index contributed by atoms with van der Waals surface area (Å²) in [5.74, 6) is 0. The van der Waals surface area contributed by atoms with Crippen LogP contribution in [0, 0.1) is 0 Å². The molecule has 0 radical (unpaired) electrons. The van der Waals surface area contributed by atoms with Gasteiger partial charge < -0.3 is 8.85 Å². The van der Waals surface area contributed by atoms with Crippen LogP contribution in [0.3, 0.4) is 0 Å². The van der Waals surface area contributed by atoms with E-state index >= 15 is 0 Å². The molecule has 0 spiro atoms. The van der Waals surface area contributed by atoms with Gasteiger partial charge in [0.1, 0.15) is 0 Å². The third-order valence-corrected chi connectivity index (χ3v) is 12.3. The highest BCUT2D eigenvalue weighted by molar-refractivity contribution is 6.72. The van der Waals surface area contributed by atoms with E-state index in [1.54, 1.807) is 0 Å². The molecule has 2 saturated carbocycles. The monoisotopic (exact) mass is 562 g/mol. The molecule has 1 heterocycles. The molecule has 0 aromatic carbocycles. The maximum Gasteiger partial charge on any atom is 0.359 e. The summed E-state index contributed by atoms with van der Waals surface area (Å²) in [6.07, 6.45) is 2.56. The largest absolute Gasteiger partial charge is 0.372 e. The predicted molar refractivity (Wildman–Crippen MR) is 101 cm³/mol. The van der Waals surface area contributed by atoms with Gasteiger partial charge in [0.2, 0.25) is 0 Å². The van der Waals surface area contributed by atoms with E-state index in [1.807, 2.05) is 0 Å². The lowest BCUT2D eigenvalue weighted by Gasteiger charge is -2.49.